The molecule has 1 saturated heterocycles. The van der Waals surface area contributed by atoms with Crippen molar-refractivity contribution >= 4 is 5.84 Å². The van der Waals surface area contributed by atoms with Crippen LogP contribution in [-0.2, 0) is 0 Å². The molecule has 0 saturated carbocycles. The van der Waals surface area contributed by atoms with Crippen LogP contribution in [0.5, 0.6) is 0 Å². The summed E-state index contributed by atoms with van der Waals surface area (Å²) >= 11 is 0. The lowest BCUT2D eigenvalue weighted by atomic mass is 10.2. The molecule has 0 spiro atoms. The average Bonchev–Trinajstić information content (AvgIpc) is 2.77. The smallest absolute Gasteiger partial charge is 0.156 e. The van der Waals surface area contributed by atoms with Crippen LogP contribution in [0, 0.1) is 0 Å². The van der Waals surface area contributed by atoms with Gasteiger partial charge in [0.1, 0.15) is 0 Å². The number of amidine groups is 1. The highest BCUT2D eigenvalue weighted by Gasteiger charge is 2.18. The minimum atomic E-state index is -0.0694. The fraction of sp³-hybridized carbons (Fsp3) is 0.900. The molecular weight excluding hydrogens is 192 g/mol. The van der Waals surface area contributed by atoms with Gasteiger partial charge in [0.05, 0.1) is 6.04 Å². The second-order valence-electron chi connectivity index (χ2n) is 4.25. The molecule has 1 rings (SSSR count). The van der Waals surface area contributed by atoms with Gasteiger partial charge in [-0.05, 0) is 39.8 Å². The number of nitrogens with zero attached hydrogens (tertiary/aromatic N) is 2. The van der Waals surface area contributed by atoms with Gasteiger partial charge in [0, 0.05) is 12.6 Å². The molecule has 1 fully saturated rings. The zero-order valence-electron chi connectivity index (χ0n) is 9.61. The molecule has 0 aromatic rings. The first-order chi connectivity index (χ1) is 7.15. The molecule has 0 aromatic carbocycles. The normalized spacial score (nSPS) is 22.9. The summed E-state index contributed by atoms with van der Waals surface area (Å²) in [7, 11) is 0. The lowest BCUT2D eigenvalue weighted by Crippen LogP contribution is -2.46. The molecule has 2 atom stereocenters. The Morgan fingerprint density at radius 3 is 2.60 bits per heavy atom. The summed E-state index contributed by atoms with van der Waals surface area (Å²) in [6.07, 6.45) is 2.61. The molecular formula is C10H22N4O. The maximum Gasteiger partial charge on any atom is 0.156 e. The lowest BCUT2D eigenvalue weighted by Gasteiger charge is -2.25. The standard InChI is InChI=1S/C10H22N4O/c1-8(14-5-3-4-6-14)7-12-9(2)10(11)13-15/h8-9,12,15H,3-7H2,1-2H3,(H2,11,13). The van der Waals surface area contributed by atoms with Crippen molar-refractivity contribution in [1.29, 1.82) is 0 Å². The van der Waals surface area contributed by atoms with E-state index < -0.39 is 0 Å². The monoisotopic (exact) mass is 214 g/mol. The number of likely N-dealkylation sites (tertiary alicyclic amines) is 1. The molecule has 0 radical (unpaired) electrons. The molecule has 0 amide bonds. The van der Waals surface area contributed by atoms with Crippen molar-refractivity contribution in [3.05, 3.63) is 0 Å². The minimum absolute atomic E-state index is 0.0694. The van der Waals surface area contributed by atoms with Crippen molar-refractivity contribution in [3.8, 4) is 0 Å². The van der Waals surface area contributed by atoms with Gasteiger partial charge in [-0.15, -0.1) is 0 Å². The Hall–Kier alpha value is -0.810. The number of nitrogens with one attached hydrogen (secondary N) is 1. The summed E-state index contributed by atoms with van der Waals surface area (Å²) in [6.45, 7) is 7.36. The van der Waals surface area contributed by atoms with Crippen LogP contribution in [0.15, 0.2) is 5.16 Å². The average molecular weight is 214 g/mol. The summed E-state index contributed by atoms with van der Waals surface area (Å²) in [5.74, 6) is 0.239. The van der Waals surface area contributed by atoms with Crippen LogP contribution in [0.1, 0.15) is 26.7 Å². The molecule has 2 unspecified atom stereocenters. The van der Waals surface area contributed by atoms with E-state index in [1.807, 2.05) is 6.92 Å². The highest BCUT2D eigenvalue weighted by Crippen LogP contribution is 2.10. The number of hydrogen-bond acceptors (Lipinski definition) is 4. The zero-order valence-corrected chi connectivity index (χ0v) is 9.61. The van der Waals surface area contributed by atoms with Crippen LogP contribution in [-0.4, -0.2) is 47.7 Å². The predicted molar refractivity (Wildman–Crippen MR) is 61.1 cm³/mol. The van der Waals surface area contributed by atoms with Crippen molar-refractivity contribution in [2.45, 2.75) is 38.8 Å². The van der Waals surface area contributed by atoms with E-state index in [1.54, 1.807) is 0 Å². The Morgan fingerprint density at radius 2 is 2.07 bits per heavy atom. The highest BCUT2D eigenvalue weighted by atomic mass is 16.4. The van der Waals surface area contributed by atoms with Gasteiger partial charge in [0.25, 0.3) is 0 Å². The Labute approximate surface area is 91.3 Å². The molecule has 1 aliphatic rings. The summed E-state index contributed by atoms with van der Waals surface area (Å²) < 4.78 is 0. The third-order valence-corrected chi connectivity index (χ3v) is 3.04. The Morgan fingerprint density at radius 1 is 1.47 bits per heavy atom. The minimum Gasteiger partial charge on any atom is -0.409 e. The molecule has 5 heteroatoms. The van der Waals surface area contributed by atoms with Gasteiger partial charge >= 0.3 is 0 Å². The maximum atomic E-state index is 8.49. The van der Waals surface area contributed by atoms with Gasteiger partial charge in [-0.25, -0.2) is 0 Å². The van der Waals surface area contributed by atoms with Crippen molar-refractivity contribution in [3.63, 3.8) is 0 Å². The van der Waals surface area contributed by atoms with Gasteiger partial charge in [0.2, 0.25) is 0 Å². The number of nitrogens with two attached hydrogens (primary N) is 1. The maximum absolute atomic E-state index is 8.49. The van der Waals surface area contributed by atoms with Crippen molar-refractivity contribution in [1.82, 2.24) is 10.2 Å². The van der Waals surface area contributed by atoms with Crippen molar-refractivity contribution < 1.29 is 5.21 Å². The second kappa shape index (κ2) is 5.92. The number of rotatable bonds is 5. The van der Waals surface area contributed by atoms with E-state index in [-0.39, 0.29) is 11.9 Å². The van der Waals surface area contributed by atoms with E-state index >= 15 is 0 Å². The third kappa shape index (κ3) is 3.68. The topological polar surface area (TPSA) is 73.9 Å². The van der Waals surface area contributed by atoms with Crippen LogP contribution in [0.2, 0.25) is 0 Å². The summed E-state index contributed by atoms with van der Waals surface area (Å²) in [6, 6.07) is 0.446. The zero-order chi connectivity index (χ0) is 11.3. The summed E-state index contributed by atoms with van der Waals surface area (Å²) in [5, 5.41) is 14.7. The molecule has 88 valence electrons. The first kappa shape index (κ1) is 12.3. The van der Waals surface area contributed by atoms with Crippen LogP contribution in [0.3, 0.4) is 0 Å². The van der Waals surface area contributed by atoms with Gasteiger partial charge < -0.3 is 16.3 Å². The predicted octanol–water partition coefficient (Wildman–Crippen LogP) is 0.195. The first-order valence-corrected chi connectivity index (χ1v) is 5.60. The van der Waals surface area contributed by atoms with E-state index in [0.29, 0.717) is 6.04 Å². The molecule has 0 bridgehead atoms. The van der Waals surface area contributed by atoms with E-state index in [1.165, 1.54) is 25.9 Å². The Balaban J connectivity index is 2.23. The SMILES string of the molecule is CC(NCC(C)N1CCCC1)C(N)=NO. The van der Waals surface area contributed by atoms with Crippen LogP contribution in [0.4, 0.5) is 0 Å². The number of hydrogen-bond donors (Lipinski definition) is 3. The van der Waals surface area contributed by atoms with Crippen molar-refractivity contribution in [2.75, 3.05) is 19.6 Å². The third-order valence-electron chi connectivity index (χ3n) is 3.04. The van der Waals surface area contributed by atoms with E-state index in [4.69, 9.17) is 10.9 Å². The van der Waals surface area contributed by atoms with E-state index in [9.17, 15) is 0 Å². The van der Waals surface area contributed by atoms with Crippen LogP contribution >= 0.6 is 0 Å². The number of oxime groups is 1. The Bertz CT molecular complexity index is 213. The van der Waals surface area contributed by atoms with Crippen LogP contribution < -0.4 is 11.1 Å². The first-order valence-electron chi connectivity index (χ1n) is 5.60. The second-order valence-corrected chi connectivity index (χ2v) is 4.25. The van der Waals surface area contributed by atoms with Gasteiger partial charge in [-0.1, -0.05) is 5.16 Å². The van der Waals surface area contributed by atoms with E-state index in [2.05, 4.69) is 22.3 Å². The molecule has 1 aliphatic heterocycles. The lowest BCUT2D eigenvalue weighted by molar-refractivity contribution is 0.250. The van der Waals surface area contributed by atoms with Gasteiger partial charge in [-0.3, -0.25) is 4.90 Å². The molecule has 0 aliphatic carbocycles. The largest absolute Gasteiger partial charge is 0.409 e. The molecule has 0 aromatic heterocycles. The summed E-state index contributed by atoms with van der Waals surface area (Å²) in [4.78, 5) is 2.46. The summed E-state index contributed by atoms with van der Waals surface area (Å²) in [5.41, 5.74) is 5.48. The van der Waals surface area contributed by atoms with E-state index in [0.717, 1.165) is 6.54 Å². The molecule has 5 nitrogen and oxygen atoms in total. The fourth-order valence-corrected chi connectivity index (χ4v) is 1.85. The molecule has 4 N–H and O–H groups in total. The fourth-order valence-electron chi connectivity index (χ4n) is 1.85. The Kier molecular flexibility index (Phi) is 4.84. The highest BCUT2D eigenvalue weighted by molar-refractivity contribution is 5.84. The van der Waals surface area contributed by atoms with Crippen molar-refractivity contribution in [2.24, 2.45) is 10.9 Å². The molecule has 15 heavy (non-hydrogen) atoms. The van der Waals surface area contributed by atoms with Gasteiger partial charge in [0.15, 0.2) is 5.84 Å². The molecule has 1 heterocycles. The van der Waals surface area contributed by atoms with Gasteiger partial charge in [-0.2, -0.15) is 0 Å². The van der Waals surface area contributed by atoms with Crippen LogP contribution in [0.25, 0.3) is 0 Å². The quantitative estimate of drug-likeness (QED) is 0.264.